The fourth-order valence-electron chi connectivity index (χ4n) is 1.60. The molecule has 13 heavy (non-hydrogen) atoms. The van der Waals surface area contributed by atoms with Crippen LogP contribution < -0.4 is 0 Å². The highest BCUT2D eigenvalue weighted by atomic mass is 16.3. The van der Waals surface area contributed by atoms with Crippen LogP contribution in [0.5, 0.6) is 0 Å². The van der Waals surface area contributed by atoms with Gasteiger partial charge in [-0.3, -0.25) is 0 Å². The summed E-state index contributed by atoms with van der Waals surface area (Å²) in [5.74, 6) is 0. The van der Waals surface area contributed by atoms with Gasteiger partial charge in [0.05, 0.1) is 6.10 Å². The Kier molecular flexibility index (Phi) is 3.49. The first-order valence-electron chi connectivity index (χ1n) is 4.87. The van der Waals surface area contributed by atoms with E-state index in [0.717, 1.165) is 12.8 Å². The number of hydrogen-bond donors (Lipinski definition) is 1. The second-order valence-electron chi connectivity index (χ2n) is 3.76. The van der Waals surface area contributed by atoms with E-state index in [4.69, 9.17) is 0 Å². The average Bonchev–Trinajstić information content (AvgIpc) is 2.02. The molecule has 1 atom stereocenters. The van der Waals surface area contributed by atoms with Crippen molar-refractivity contribution in [1.29, 1.82) is 0 Å². The Morgan fingerprint density at radius 1 is 1.15 bits per heavy atom. The molecule has 0 unspecified atom stereocenters. The number of hydrogen-bond acceptors (Lipinski definition) is 1. The highest BCUT2D eigenvalue weighted by molar-refractivity contribution is 5.28. The minimum Gasteiger partial charge on any atom is -0.393 e. The third-order valence-electron chi connectivity index (χ3n) is 2.22. The minimum atomic E-state index is -0.193. The predicted octanol–water partition coefficient (Wildman–Crippen LogP) is 2.62. The Bertz CT molecular complexity index is 258. The first-order valence-corrected chi connectivity index (χ1v) is 4.87. The second-order valence-corrected chi connectivity index (χ2v) is 3.76. The molecule has 1 rings (SSSR count). The van der Waals surface area contributed by atoms with Gasteiger partial charge < -0.3 is 5.11 Å². The zero-order valence-electron chi connectivity index (χ0n) is 8.67. The molecule has 0 aromatic heterocycles. The van der Waals surface area contributed by atoms with Crippen molar-refractivity contribution in [3.05, 3.63) is 34.9 Å². The van der Waals surface area contributed by atoms with Crippen LogP contribution in [0.2, 0.25) is 0 Å². The van der Waals surface area contributed by atoms with Crippen molar-refractivity contribution in [3.8, 4) is 0 Å². The van der Waals surface area contributed by atoms with E-state index < -0.39 is 0 Å². The Labute approximate surface area is 80.4 Å². The van der Waals surface area contributed by atoms with Crippen LogP contribution in [-0.4, -0.2) is 11.2 Å². The molecule has 1 heteroatoms. The summed E-state index contributed by atoms with van der Waals surface area (Å²) < 4.78 is 0. The van der Waals surface area contributed by atoms with E-state index in [2.05, 4.69) is 32.0 Å². The first kappa shape index (κ1) is 10.3. The number of benzene rings is 1. The Morgan fingerprint density at radius 2 is 1.69 bits per heavy atom. The monoisotopic (exact) mass is 178 g/mol. The fraction of sp³-hybridized carbons (Fsp3) is 0.500. The van der Waals surface area contributed by atoms with Crippen LogP contribution in [0.4, 0.5) is 0 Å². The summed E-state index contributed by atoms with van der Waals surface area (Å²) >= 11 is 0. The third kappa shape index (κ3) is 3.19. The van der Waals surface area contributed by atoms with Crippen LogP contribution in [-0.2, 0) is 6.42 Å². The molecule has 0 spiro atoms. The third-order valence-corrected chi connectivity index (χ3v) is 2.22. The Hall–Kier alpha value is -0.820. The molecule has 0 heterocycles. The van der Waals surface area contributed by atoms with Crippen LogP contribution in [0.15, 0.2) is 18.2 Å². The topological polar surface area (TPSA) is 20.2 Å². The molecule has 0 amide bonds. The number of aliphatic hydroxyl groups excluding tert-OH is 1. The average molecular weight is 178 g/mol. The minimum absolute atomic E-state index is 0.193. The van der Waals surface area contributed by atoms with Gasteiger partial charge in [-0.15, -0.1) is 0 Å². The smallest absolute Gasteiger partial charge is 0.0577 e. The van der Waals surface area contributed by atoms with E-state index in [-0.39, 0.29) is 6.10 Å². The molecule has 1 aromatic carbocycles. The van der Waals surface area contributed by atoms with Gasteiger partial charge in [-0.2, -0.15) is 0 Å². The molecule has 0 fully saturated rings. The summed E-state index contributed by atoms with van der Waals surface area (Å²) in [6, 6.07) is 6.44. The van der Waals surface area contributed by atoms with E-state index >= 15 is 0 Å². The normalized spacial score (nSPS) is 12.9. The highest BCUT2D eigenvalue weighted by Gasteiger charge is 2.03. The first-order chi connectivity index (χ1) is 6.11. The number of aliphatic hydroxyl groups is 1. The predicted molar refractivity (Wildman–Crippen MR) is 55.9 cm³/mol. The molecule has 0 radical (unpaired) electrons. The zero-order chi connectivity index (χ0) is 9.84. The summed E-state index contributed by atoms with van der Waals surface area (Å²) in [5.41, 5.74) is 3.79. The summed E-state index contributed by atoms with van der Waals surface area (Å²) in [7, 11) is 0. The van der Waals surface area contributed by atoms with Crippen molar-refractivity contribution >= 4 is 0 Å². The van der Waals surface area contributed by atoms with Crippen LogP contribution in [0.25, 0.3) is 0 Å². The molecular formula is C12H18O. The maximum absolute atomic E-state index is 9.49. The zero-order valence-corrected chi connectivity index (χ0v) is 8.67. The quantitative estimate of drug-likeness (QED) is 0.754. The van der Waals surface area contributed by atoms with Crippen LogP contribution in [0.1, 0.15) is 30.0 Å². The lowest BCUT2D eigenvalue weighted by atomic mass is 10.0. The van der Waals surface area contributed by atoms with Gasteiger partial charge in [-0.25, -0.2) is 0 Å². The summed E-state index contributed by atoms with van der Waals surface area (Å²) in [6.45, 7) is 6.19. The van der Waals surface area contributed by atoms with Crippen LogP contribution >= 0.6 is 0 Å². The molecule has 1 nitrogen and oxygen atoms in total. The van der Waals surface area contributed by atoms with Crippen molar-refractivity contribution < 1.29 is 5.11 Å². The van der Waals surface area contributed by atoms with Gasteiger partial charge in [0.2, 0.25) is 0 Å². The molecule has 0 aliphatic rings. The molecule has 0 saturated heterocycles. The van der Waals surface area contributed by atoms with Crippen molar-refractivity contribution in [2.75, 3.05) is 0 Å². The SMILES string of the molecule is CC[C@H](O)Cc1cc(C)cc(C)c1. The van der Waals surface area contributed by atoms with Gasteiger partial charge in [-0.1, -0.05) is 36.2 Å². The molecule has 0 aliphatic heterocycles. The van der Waals surface area contributed by atoms with Crippen LogP contribution in [0.3, 0.4) is 0 Å². The van der Waals surface area contributed by atoms with Gasteiger partial charge in [0, 0.05) is 0 Å². The van der Waals surface area contributed by atoms with Gasteiger partial charge in [0.15, 0.2) is 0 Å². The summed E-state index contributed by atoms with van der Waals surface area (Å²) in [4.78, 5) is 0. The van der Waals surface area contributed by atoms with Crippen molar-refractivity contribution in [2.45, 2.75) is 39.7 Å². The van der Waals surface area contributed by atoms with Gasteiger partial charge in [-0.05, 0) is 32.3 Å². The largest absolute Gasteiger partial charge is 0.393 e. The van der Waals surface area contributed by atoms with Gasteiger partial charge in [0.1, 0.15) is 0 Å². The van der Waals surface area contributed by atoms with Gasteiger partial charge >= 0.3 is 0 Å². The van der Waals surface area contributed by atoms with Crippen molar-refractivity contribution in [1.82, 2.24) is 0 Å². The molecule has 0 aliphatic carbocycles. The number of aryl methyl sites for hydroxylation is 2. The summed E-state index contributed by atoms with van der Waals surface area (Å²) in [5, 5.41) is 9.49. The van der Waals surface area contributed by atoms with E-state index in [9.17, 15) is 5.11 Å². The molecule has 72 valence electrons. The van der Waals surface area contributed by atoms with E-state index in [1.807, 2.05) is 6.92 Å². The maximum Gasteiger partial charge on any atom is 0.0577 e. The Morgan fingerprint density at radius 3 is 2.15 bits per heavy atom. The van der Waals surface area contributed by atoms with E-state index in [1.54, 1.807) is 0 Å². The van der Waals surface area contributed by atoms with Crippen molar-refractivity contribution in [3.63, 3.8) is 0 Å². The summed E-state index contributed by atoms with van der Waals surface area (Å²) in [6.07, 6.45) is 1.41. The highest BCUT2D eigenvalue weighted by Crippen LogP contribution is 2.11. The van der Waals surface area contributed by atoms with E-state index in [1.165, 1.54) is 16.7 Å². The number of rotatable bonds is 3. The Balaban J connectivity index is 2.77. The van der Waals surface area contributed by atoms with Crippen LogP contribution in [0, 0.1) is 13.8 Å². The molecule has 0 saturated carbocycles. The van der Waals surface area contributed by atoms with E-state index in [0.29, 0.717) is 0 Å². The lowest BCUT2D eigenvalue weighted by Crippen LogP contribution is -2.08. The molecular weight excluding hydrogens is 160 g/mol. The van der Waals surface area contributed by atoms with Gasteiger partial charge in [0.25, 0.3) is 0 Å². The lowest BCUT2D eigenvalue weighted by Gasteiger charge is -2.09. The lowest BCUT2D eigenvalue weighted by molar-refractivity contribution is 0.171. The fourth-order valence-corrected chi connectivity index (χ4v) is 1.60. The molecule has 1 N–H and O–H groups in total. The second kappa shape index (κ2) is 4.43. The molecule has 0 bridgehead atoms. The molecule has 1 aromatic rings. The maximum atomic E-state index is 9.49. The standard InChI is InChI=1S/C12H18O/c1-4-12(13)8-11-6-9(2)5-10(3)7-11/h5-7,12-13H,4,8H2,1-3H3/t12-/m0/s1. The van der Waals surface area contributed by atoms with Crippen molar-refractivity contribution in [2.24, 2.45) is 0 Å².